The number of thiazole rings is 1. The van der Waals surface area contributed by atoms with Gasteiger partial charge < -0.3 is 10.6 Å². The van der Waals surface area contributed by atoms with Crippen molar-refractivity contribution in [2.75, 3.05) is 11.9 Å². The Labute approximate surface area is 147 Å². The smallest absolute Gasteiger partial charge is 0.251 e. The number of carbonyl (C=O) groups excluding carboxylic acids is 2. The van der Waals surface area contributed by atoms with E-state index in [1.165, 1.54) is 35.6 Å². The van der Waals surface area contributed by atoms with Crippen molar-refractivity contribution in [2.45, 2.75) is 12.8 Å². The van der Waals surface area contributed by atoms with E-state index in [2.05, 4.69) is 15.6 Å². The van der Waals surface area contributed by atoms with Gasteiger partial charge in [-0.25, -0.2) is 9.37 Å². The minimum atomic E-state index is -0.386. The van der Waals surface area contributed by atoms with Crippen LogP contribution in [0.25, 0.3) is 10.2 Å². The molecule has 25 heavy (non-hydrogen) atoms. The average Bonchev–Trinajstić information content (AvgIpc) is 3.01. The molecule has 2 N–H and O–H groups in total. The Bertz CT molecular complexity index is 860. The summed E-state index contributed by atoms with van der Waals surface area (Å²) in [6, 6.07) is 13.0. The number of carbonyl (C=O) groups is 2. The topological polar surface area (TPSA) is 71.1 Å². The fourth-order valence-electron chi connectivity index (χ4n) is 2.26. The minimum absolute atomic E-state index is 0.143. The molecule has 1 heterocycles. The third-order valence-electron chi connectivity index (χ3n) is 3.51. The van der Waals surface area contributed by atoms with Crippen LogP contribution in [0.5, 0.6) is 0 Å². The third kappa shape index (κ3) is 4.60. The molecule has 0 saturated carbocycles. The number of aromatic nitrogens is 1. The van der Waals surface area contributed by atoms with Gasteiger partial charge in [0, 0.05) is 18.5 Å². The summed E-state index contributed by atoms with van der Waals surface area (Å²) in [7, 11) is 0. The van der Waals surface area contributed by atoms with Gasteiger partial charge in [0.2, 0.25) is 5.91 Å². The molecule has 2 aromatic carbocycles. The van der Waals surface area contributed by atoms with Crippen molar-refractivity contribution in [3.05, 3.63) is 59.9 Å². The van der Waals surface area contributed by atoms with Gasteiger partial charge in [-0.05, 0) is 42.8 Å². The summed E-state index contributed by atoms with van der Waals surface area (Å²) in [6.07, 6.45) is 0.781. The number of hydrogen-bond acceptors (Lipinski definition) is 4. The highest BCUT2D eigenvalue weighted by Gasteiger charge is 2.08. The Kier molecular flexibility index (Phi) is 5.35. The maximum Gasteiger partial charge on any atom is 0.251 e. The molecule has 0 unspecified atom stereocenters. The van der Waals surface area contributed by atoms with Crippen LogP contribution < -0.4 is 10.6 Å². The van der Waals surface area contributed by atoms with Crippen molar-refractivity contribution in [2.24, 2.45) is 0 Å². The summed E-state index contributed by atoms with van der Waals surface area (Å²) < 4.78 is 13.8. The van der Waals surface area contributed by atoms with Crippen LogP contribution in [0.2, 0.25) is 0 Å². The molecule has 5 nitrogen and oxygen atoms in total. The molecule has 7 heteroatoms. The summed E-state index contributed by atoms with van der Waals surface area (Å²) in [4.78, 5) is 28.1. The van der Waals surface area contributed by atoms with Gasteiger partial charge in [0.25, 0.3) is 5.91 Å². The van der Waals surface area contributed by atoms with Gasteiger partial charge in [0.15, 0.2) is 5.13 Å². The Hall–Kier alpha value is -2.80. The van der Waals surface area contributed by atoms with E-state index in [9.17, 15) is 14.0 Å². The van der Waals surface area contributed by atoms with Gasteiger partial charge in [-0.3, -0.25) is 9.59 Å². The Morgan fingerprint density at radius 3 is 2.60 bits per heavy atom. The Balaban J connectivity index is 1.41. The highest BCUT2D eigenvalue weighted by molar-refractivity contribution is 7.22. The predicted molar refractivity (Wildman–Crippen MR) is 96.2 cm³/mol. The van der Waals surface area contributed by atoms with E-state index >= 15 is 0 Å². The van der Waals surface area contributed by atoms with Crippen molar-refractivity contribution < 1.29 is 14.0 Å². The van der Waals surface area contributed by atoms with Crippen LogP contribution >= 0.6 is 11.3 Å². The summed E-state index contributed by atoms with van der Waals surface area (Å²) >= 11 is 1.42. The number of para-hydroxylation sites is 1. The Morgan fingerprint density at radius 1 is 1.08 bits per heavy atom. The van der Waals surface area contributed by atoms with Gasteiger partial charge in [0.1, 0.15) is 5.82 Å². The highest BCUT2D eigenvalue weighted by atomic mass is 32.1. The molecule has 3 rings (SSSR count). The lowest BCUT2D eigenvalue weighted by atomic mass is 10.2. The molecule has 0 radical (unpaired) electrons. The number of fused-ring (bicyclic) bond motifs is 1. The molecule has 1 aromatic heterocycles. The van der Waals surface area contributed by atoms with E-state index in [1.807, 2.05) is 24.3 Å². The van der Waals surface area contributed by atoms with Crippen LogP contribution in [-0.4, -0.2) is 23.3 Å². The Morgan fingerprint density at radius 2 is 1.84 bits per heavy atom. The average molecular weight is 357 g/mol. The molecule has 0 spiro atoms. The largest absolute Gasteiger partial charge is 0.352 e. The first-order valence-electron chi connectivity index (χ1n) is 7.81. The molecule has 0 saturated heterocycles. The maximum atomic E-state index is 12.8. The van der Waals surface area contributed by atoms with Crippen LogP contribution in [0, 0.1) is 5.82 Å². The summed E-state index contributed by atoms with van der Waals surface area (Å²) in [5, 5.41) is 6.05. The molecule has 128 valence electrons. The lowest BCUT2D eigenvalue weighted by Gasteiger charge is -2.05. The molecule has 0 aliphatic heterocycles. The zero-order valence-electron chi connectivity index (χ0n) is 13.3. The van der Waals surface area contributed by atoms with Gasteiger partial charge in [-0.1, -0.05) is 23.5 Å². The molecule has 2 amide bonds. The number of benzene rings is 2. The van der Waals surface area contributed by atoms with Crippen LogP contribution in [-0.2, 0) is 4.79 Å². The van der Waals surface area contributed by atoms with E-state index in [-0.39, 0.29) is 24.1 Å². The molecule has 0 bridgehead atoms. The molecule has 3 aromatic rings. The predicted octanol–water partition coefficient (Wildman–Crippen LogP) is 3.58. The number of hydrogen-bond donors (Lipinski definition) is 2. The van der Waals surface area contributed by atoms with Crippen LogP contribution in [0.1, 0.15) is 23.2 Å². The summed E-state index contributed by atoms with van der Waals surface area (Å²) in [5.74, 6) is -0.815. The van der Waals surface area contributed by atoms with E-state index in [0.29, 0.717) is 23.7 Å². The zero-order valence-corrected chi connectivity index (χ0v) is 14.1. The van der Waals surface area contributed by atoms with Crippen LogP contribution in [0.4, 0.5) is 9.52 Å². The van der Waals surface area contributed by atoms with Gasteiger partial charge in [0.05, 0.1) is 10.2 Å². The lowest BCUT2D eigenvalue weighted by Crippen LogP contribution is -2.25. The number of anilines is 1. The SMILES string of the molecule is O=C(CCCNC(=O)c1ccc(F)cc1)Nc1nc2ccccc2s1. The highest BCUT2D eigenvalue weighted by Crippen LogP contribution is 2.25. The lowest BCUT2D eigenvalue weighted by molar-refractivity contribution is -0.116. The number of nitrogens with one attached hydrogen (secondary N) is 2. The van der Waals surface area contributed by atoms with E-state index in [4.69, 9.17) is 0 Å². The molecule has 0 aliphatic rings. The second kappa shape index (κ2) is 7.85. The van der Waals surface area contributed by atoms with Crippen molar-refractivity contribution in [1.82, 2.24) is 10.3 Å². The number of amides is 2. The minimum Gasteiger partial charge on any atom is -0.352 e. The van der Waals surface area contributed by atoms with Gasteiger partial charge in [-0.15, -0.1) is 0 Å². The second-order valence-electron chi connectivity index (χ2n) is 5.40. The summed E-state index contributed by atoms with van der Waals surface area (Å²) in [5.41, 5.74) is 1.25. The van der Waals surface area contributed by atoms with Gasteiger partial charge >= 0.3 is 0 Å². The quantitative estimate of drug-likeness (QED) is 0.663. The first kappa shape index (κ1) is 17.0. The van der Waals surface area contributed by atoms with E-state index in [0.717, 1.165) is 10.2 Å². The molecule has 0 atom stereocenters. The first-order chi connectivity index (χ1) is 12.1. The maximum absolute atomic E-state index is 12.8. The fourth-order valence-corrected chi connectivity index (χ4v) is 3.14. The molecule has 0 fully saturated rings. The van der Waals surface area contributed by atoms with Gasteiger partial charge in [-0.2, -0.15) is 0 Å². The van der Waals surface area contributed by atoms with Crippen molar-refractivity contribution >= 4 is 38.5 Å². The standard InChI is InChI=1S/C18H16FN3O2S/c19-13-9-7-12(8-10-13)17(24)20-11-3-6-16(23)22-18-21-14-4-1-2-5-15(14)25-18/h1-2,4-5,7-10H,3,6,11H2,(H,20,24)(H,21,22,23). The monoisotopic (exact) mass is 357 g/mol. The van der Waals surface area contributed by atoms with Crippen molar-refractivity contribution in [3.8, 4) is 0 Å². The van der Waals surface area contributed by atoms with Crippen LogP contribution in [0.3, 0.4) is 0 Å². The number of nitrogens with zero attached hydrogens (tertiary/aromatic N) is 1. The second-order valence-corrected chi connectivity index (χ2v) is 6.43. The van der Waals surface area contributed by atoms with Crippen molar-refractivity contribution in [1.29, 1.82) is 0 Å². The number of rotatable bonds is 6. The summed E-state index contributed by atoms with van der Waals surface area (Å²) in [6.45, 7) is 0.365. The number of halogens is 1. The zero-order chi connectivity index (χ0) is 17.6. The van der Waals surface area contributed by atoms with E-state index < -0.39 is 0 Å². The third-order valence-corrected chi connectivity index (χ3v) is 4.46. The fraction of sp³-hybridized carbons (Fsp3) is 0.167. The molecular weight excluding hydrogens is 341 g/mol. The van der Waals surface area contributed by atoms with Crippen LogP contribution in [0.15, 0.2) is 48.5 Å². The van der Waals surface area contributed by atoms with Crippen molar-refractivity contribution in [3.63, 3.8) is 0 Å². The van der Waals surface area contributed by atoms with E-state index in [1.54, 1.807) is 0 Å². The molecule has 0 aliphatic carbocycles. The molecular formula is C18H16FN3O2S. The normalized spacial score (nSPS) is 10.6. The first-order valence-corrected chi connectivity index (χ1v) is 8.63.